The molecule has 0 saturated carbocycles. The molecule has 2 N–H and O–H groups in total. The quantitative estimate of drug-likeness (QED) is 0.495. The number of carbonyl (C=O) groups is 2. The SMILES string of the molecule is CCOC(=O)c1ccccc1C(=O)OCC.N=C=O.N=C=O. The largest absolute Gasteiger partial charge is 0.462 e. The molecule has 1 aromatic rings. The third kappa shape index (κ3) is 8.92. The summed E-state index contributed by atoms with van der Waals surface area (Å²) in [4.78, 5) is 39.8. The standard InChI is InChI=1S/C12H14O4.2CHNO/c1-3-15-11(13)9-7-5-6-8-10(9)12(14)16-4-2;2*2-1-3/h5-8H,3-4H2,1-2H3;2*2H. The fourth-order valence-corrected chi connectivity index (χ4v) is 1.26. The summed E-state index contributed by atoms with van der Waals surface area (Å²) in [5, 5.41) is 10.8. The van der Waals surface area contributed by atoms with Crippen molar-refractivity contribution in [3.63, 3.8) is 0 Å². The van der Waals surface area contributed by atoms with Crippen molar-refractivity contribution >= 4 is 24.1 Å². The summed E-state index contributed by atoms with van der Waals surface area (Å²) in [5.74, 6) is -1.02. The van der Waals surface area contributed by atoms with Gasteiger partial charge in [-0.1, -0.05) is 12.1 Å². The van der Waals surface area contributed by atoms with Crippen molar-refractivity contribution in [3.05, 3.63) is 35.4 Å². The van der Waals surface area contributed by atoms with E-state index in [1.807, 2.05) is 0 Å². The van der Waals surface area contributed by atoms with Crippen LogP contribution < -0.4 is 0 Å². The van der Waals surface area contributed by atoms with Gasteiger partial charge in [0.15, 0.2) is 0 Å². The second-order valence-corrected chi connectivity index (χ2v) is 3.19. The Bertz CT molecular complexity index is 495. The van der Waals surface area contributed by atoms with Gasteiger partial charge in [0.2, 0.25) is 12.2 Å². The number of benzene rings is 1. The lowest BCUT2D eigenvalue weighted by Gasteiger charge is -2.07. The fourth-order valence-electron chi connectivity index (χ4n) is 1.26. The Hall–Kier alpha value is -3.08. The number of rotatable bonds is 4. The van der Waals surface area contributed by atoms with Crippen LogP contribution in [0.15, 0.2) is 24.3 Å². The van der Waals surface area contributed by atoms with Gasteiger partial charge in [0, 0.05) is 0 Å². The molecule has 0 saturated heterocycles. The average Bonchev–Trinajstić information content (AvgIpc) is 2.49. The van der Waals surface area contributed by atoms with Gasteiger partial charge in [0.25, 0.3) is 0 Å². The molecule has 1 rings (SSSR count). The van der Waals surface area contributed by atoms with Crippen LogP contribution in [-0.4, -0.2) is 37.3 Å². The van der Waals surface area contributed by atoms with E-state index in [4.69, 9.17) is 29.9 Å². The van der Waals surface area contributed by atoms with E-state index in [-0.39, 0.29) is 24.3 Å². The predicted octanol–water partition coefficient (Wildman–Crippen LogP) is 1.84. The molecule has 118 valence electrons. The van der Waals surface area contributed by atoms with Gasteiger partial charge in [-0.2, -0.15) is 0 Å². The van der Waals surface area contributed by atoms with Gasteiger partial charge in [0.05, 0.1) is 24.3 Å². The van der Waals surface area contributed by atoms with Gasteiger partial charge < -0.3 is 9.47 Å². The highest BCUT2D eigenvalue weighted by atomic mass is 16.5. The van der Waals surface area contributed by atoms with Crippen molar-refractivity contribution in [2.75, 3.05) is 13.2 Å². The van der Waals surface area contributed by atoms with Crippen LogP contribution in [0.3, 0.4) is 0 Å². The minimum absolute atomic E-state index is 0.239. The summed E-state index contributed by atoms with van der Waals surface area (Å²) in [5.41, 5.74) is 0.477. The minimum Gasteiger partial charge on any atom is -0.462 e. The first-order valence-corrected chi connectivity index (χ1v) is 6.04. The van der Waals surface area contributed by atoms with Crippen molar-refractivity contribution in [1.29, 1.82) is 10.8 Å². The Morgan fingerprint density at radius 1 is 0.909 bits per heavy atom. The molecular formula is C14H16N2O6. The molecule has 1 aromatic carbocycles. The van der Waals surface area contributed by atoms with Crippen molar-refractivity contribution in [3.8, 4) is 0 Å². The smallest absolute Gasteiger partial charge is 0.338 e. The summed E-state index contributed by atoms with van der Waals surface area (Å²) in [6.45, 7) is 3.97. The predicted molar refractivity (Wildman–Crippen MR) is 75.2 cm³/mol. The number of hydrogen-bond acceptors (Lipinski definition) is 8. The zero-order chi connectivity index (χ0) is 17.4. The van der Waals surface area contributed by atoms with Gasteiger partial charge >= 0.3 is 11.9 Å². The third-order valence-corrected chi connectivity index (χ3v) is 1.92. The van der Waals surface area contributed by atoms with E-state index in [2.05, 4.69) is 0 Å². The first-order valence-electron chi connectivity index (χ1n) is 6.04. The Kier molecular flexibility index (Phi) is 13.8. The van der Waals surface area contributed by atoms with Crippen LogP contribution in [0.4, 0.5) is 0 Å². The van der Waals surface area contributed by atoms with E-state index >= 15 is 0 Å². The zero-order valence-electron chi connectivity index (χ0n) is 12.2. The molecule has 0 spiro atoms. The number of hydrogen-bond donors (Lipinski definition) is 2. The van der Waals surface area contributed by atoms with Gasteiger partial charge in [0.1, 0.15) is 0 Å². The number of ether oxygens (including phenoxy) is 2. The fraction of sp³-hybridized carbons (Fsp3) is 0.286. The molecule has 0 fully saturated rings. The van der Waals surface area contributed by atoms with Crippen molar-refractivity contribution in [2.45, 2.75) is 13.8 Å². The van der Waals surface area contributed by atoms with Crippen LogP contribution in [-0.2, 0) is 19.1 Å². The number of esters is 2. The highest BCUT2D eigenvalue weighted by molar-refractivity contribution is 6.03. The first kappa shape index (κ1) is 21.2. The number of carbonyl (C=O) groups excluding carboxylic acids is 4. The second-order valence-electron chi connectivity index (χ2n) is 3.19. The Morgan fingerprint density at radius 2 is 1.18 bits per heavy atom. The summed E-state index contributed by atoms with van der Waals surface area (Å²) < 4.78 is 9.70. The summed E-state index contributed by atoms with van der Waals surface area (Å²) >= 11 is 0. The topological polar surface area (TPSA) is 134 Å². The second kappa shape index (κ2) is 14.3. The molecule has 22 heavy (non-hydrogen) atoms. The van der Waals surface area contributed by atoms with Crippen molar-refractivity contribution < 1.29 is 28.7 Å². The lowest BCUT2D eigenvalue weighted by Crippen LogP contribution is -2.13. The maximum absolute atomic E-state index is 11.5. The van der Waals surface area contributed by atoms with E-state index in [1.165, 1.54) is 0 Å². The maximum Gasteiger partial charge on any atom is 0.338 e. The van der Waals surface area contributed by atoms with Crippen LogP contribution in [0.1, 0.15) is 34.6 Å². The Labute approximate surface area is 127 Å². The molecule has 0 aliphatic rings. The van der Waals surface area contributed by atoms with Crippen LogP contribution in [0.25, 0.3) is 0 Å². The van der Waals surface area contributed by atoms with Crippen molar-refractivity contribution in [2.24, 2.45) is 0 Å². The van der Waals surface area contributed by atoms with E-state index in [0.717, 1.165) is 12.2 Å². The lowest BCUT2D eigenvalue weighted by atomic mass is 10.1. The molecule has 8 heteroatoms. The van der Waals surface area contributed by atoms with Crippen molar-refractivity contribution in [1.82, 2.24) is 0 Å². The molecule has 0 amide bonds. The highest BCUT2D eigenvalue weighted by Crippen LogP contribution is 2.11. The van der Waals surface area contributed by atoms with E-state index in [0.29, 0.717) is 0 Å². The maximum atomic E-state index is 11.5. The van der Waals surface area contributed by atoms with E-state index in [9.17, 15) is 9.59 Å². The molecule has 0 aliphatic carbocycles. The number of isocyanates is 2. The number of nitrogens with one attached hydrogen (secondary N) is 2. The summed E-state index contributed by atoms with van der Waals surface area (Å²) in [7, 11) is 0. The van der Waals surface area contributed by atoms with Gasteiger partial charge in [-0.25, -0.2) is 30.0 Å². The average molecular weight is 308 g/mol. The van der Waals surface area contributed by atoms with Gasteiger partial charge in [-0.15, -0.1) is 0 Å². The Morgan fingerprint density at radius 3 is 1.41 bits per heavy atom. The molecule has 0 radical (unpaired) electrons. The minimum atomic E-state index is -0.508. The molecule has 0 bridgehead atoms. The molecular weight excluding hydrogens is 292 g/mol. The molecule has 0 heterocycles. The van der Waals surface area contributed by atoms with Gasteiger partial charge in [-0.3, -0.25) is 0 Å². The third-order valence-electron chi connectivity index (χ3n) is 1.92. The summed E-state index contributed by atoms with van der Waals surface area (Å²) in [6.07, 6.45) is 1.50. The van der Waals surface area contributed by atoms with Crippen LogP contribution in [0.2, 0.25) is 0 Å². The molecule has 8 nitrogen and oxygen atoms in total. The monoisotopic (exact) mass is 308 g/mol. The Balaban J connectivity index is 0. The summed E-state index contributed by atoms with van der Waals surface area (Å²) in [6, 6.07) is 6.44. The normalized spacial score (nSPS) is 7.73. The van der Waals surface area contributed by atoms with E-state index < -0.39 is 11.9 Å². The highest BCUT2D eigenvalue weighted by Gasteiger charge is 2.17. The molecule has 0 unspecified atom stereocenters. The van der Waals surface area contributed by atoms with Crippen LogP contribution in [0.5, 0.6) is 0 Å². The van der Waals surface area contributed by atoms with Crippen LogP contribution in [0, 0.1) is 10.8 Å². The zero-order valence-corrected chi connectivity index (χ0v) is 12.2. The molecule has 0 atom stereocenters. The lowest BCUT2D eigenvalue weighted by molar-refractivity contribution is 0.0479. The molecule has 0 aliphatic heterocycles. The molecule has 0 aromatic heterocycles. The van der Waals surface area contributed by atoms with Crippen LogP contribution >= 0.6 is 0 Å². The van der Waals surface area contributed by atoms with Gasteiger partial charge in [-0.05, 0) is 26.0 Å². The van der Waals surface area contributed by atoms with E-state index in [1.54, 1.807) is 38.1 Å². The first-order chi connectivity index (χ1) is 10.5.